The number of nitriles is 1. The predicted octanol–water partition coefficient (Wildman–Crippen LogP) is 2.96. The molecule has 6 nitrogen and oxygen atoms in total. The van der Waals surface area contributed by atoms with Gasteiger partial charge in [0.2, 0.25) is 5.75 Å². The van der Waals surface area contributed by atoms with Gasteiger partial charge in [-0.1, -0.05) is 0 Å². The zero-order valence-electron chi connectivity index (χ0n) is 14.8. The molecule has 0 atom stereocenters. The first-order valence-electron chi connectivity index (χ1n) is 8.34. The molecule has 1 aromatic carbocycles. The molecule has 0 amide bonds. The van der Waals surface area contributed by atoms with E-state index in [9.17, 15) is 5.26 Å². The Balaban J connectivity index is 2.29. The quantitative estimate of drug-likeness (QED) is 0.807. The van der Waals surface area contributed by atoms with Crippen LogP contribution in [0.5, 0.6) is 17.2 Å². The van der Waals surface area contributed by atoms with Crippen molar-refractivity contribution >= 4 is 0 Å². The molecule has 0 radical (unpaired) electrons. The number of aromatic nitrogens is 1. The van der Waals surface area contributed by atoms with Gasteiger partial charge in [-0.05, 0) is 43.0 Å². The number of ether oxygens (including phenoxy) is 3. The molecule has 3 rings (SSSR count). The Morgan fingerprint density at radius 2 is 1.88 bits per heavy atom. The van der Waals surface area contributed by atoms with Crippen LogP contribution in [0.2, 0.25) is 0 Å². The lowest BCUT2D eigenvalue weighted by Crippen LogP contribution is -2.05. The van der Waals surface area contributed by atoms with Crippen LogP contribution in [-0.4, -0.2) is 32.9 Å². The van der Waals surface area contributed by atoms with Gasteiger partial charge < -0.3 is 24.9 Å². The highest BCUT2D eigenvalue weighted by atomic mass is 16.5. The molecule has 0 bridgehead atoms. The van der Waals surface area contributed by atoms with E-state index in [-0.39, 0.29) is 0 Å². The highest BCUT2D eigenvalue weighted by Gasteiger charge is 2.34. The van der Waals surface area contributed by atoms with E-state index in [0.29, 0.717) is 41.8 Å². The van der Waals surface area contributed by atoms with Gasteiger partial charge in [0.15, 0.2) is 11.5 Å². The smallest absolute Gasteiger partial charge is 0.203 e. The molecule has 0 unspecified atom stereocenters. The molecule has 0 spiro atoms. The highest BCUT2D eigenvalue weighted by molar-refractivity contribution is 5.82. The summed E-state index contributed by atoms with van der Waals surface area (Å²) in [7, 11) is 4.79. The molecule has 1 saturated carbocycles. The summed E-state index contributed by atoms with van der Waals surface area (Å²) in [4.78, 5) is 3.27. The summed E-state index contributed by atoms with van der Waals surface area (Å²) in [5, 5.41) is 9.57. The minimum Gasteiger partial charge on any atom is -0.493 e. The predicted molar refractivity (Wildman–Crippen MR) is 95.3 cm³/mol. The van der Waals surface area contributed by atoms with Crippen molar-refractivity contribution in [1.29, 1.82) is 5.26 Å². The summed E-state index contributed by atoms with van der Waals surface area (Å²) >= 11 is 0. The van der Waals surface area contributed by atoms with Crippen LogP contribution in [0.1, 0.15) is 35.7 Å². The molecule has 1 aliphatic rings. The van der Waals surface area contributed by atoms with E-state index >= 15 is 0 Å². The molecule has 6 heteroatoms. The van der Waals surface area contributed by atoms with Crippen LogP contribution in [0.3, 0.4) is 0 Å². The van der Waals surface area contributed by atoms with Crippen LogP contribution in [-0.2, 0) is 6.42 Å². The average molecular weight is 341 g/mol. The summed E-state index contributed by atoms with van der Waals surface area (Å²) in [6, 6.07) is 6.12. The third-order valence-electron chi connectivity index (χ3n) is 4.58. The molecule has 1 heterocycles. The lowest BCUT2D eigenvalue weighted by atomic mass is 9.95. The maximum absolute atomic E-state index is 9.57. The van der Waals surface area contributed by atoms with Crippen LogP contribution in [0.15, 0.2) is 12.1 Å². The number of aromatic amines is 1. The minimum absolute atomic E-state index is 0.408. The van der Waals surface area contributed by atoms with Gasteiger partial charge in [0.1, 0.15) is 11.8 Å². The maximum atomic E-state index is 9.57. The number of nitrogens with one attached hydrogen (secondary N) is 1. The SMILES string of the molecule is COc1ccc(-c2c(CCN)[nH]c(C#N)c2C2CC2)c(OC)c1OC. The second-order valence-corrected chi connectivity index (χ2v) is 6.07. The van der Waals surface area contributed by atoms with Gasteiger partial charge in [-0.2, -0.15) is 5.26 Å². The number of methoxy groups -OCH3 is 3. The monoisotopic (exact) mass is 341 g/mol. The number of hydrogen-bond donors (Lipinski definition) is 2. The van der Waals surface area contributed by atoms with E-state index in [1.54, 1.807) is 21.3 Å². The number of benzene rings is 1. The molecular formula is C19H23N3O3. The molecule has 1 aliphatic carbocycles. The molecule has 0 saturated heterocycles. The highest BCUT2D eigenvalue weighted by Crippen LogP contribution is 2.52. The number of H-pyrrole nitrogens is 1. The van der Waals surface area contributed by atoms with Crippen LogP contribution < -0.4 is 19.9 Å². The van der Waals surface area contributed by atoms with Crippen molar-refractivity contribution in [3.63, 3.8) is 0 Å². The maximum Gasteiger partial charge on any atom is 0.203 e. The second kappa shape index (κ2) is 7.08. The van der Waals surface area contributed by atoms with E-state index < -0.39 is 0 Å². The van der Waals surface area contributed by atoms with Crippen molar-refractivity contribution in [2.24, 2.45) is 5.73 Å². The van der Waals surface area contributed by atoms with Crippen molar-refractivity contribution < 1.29 is 14.2 Å². The molecule has 0 aliphatic heterocycles. The van der Waals surface area contributed by atoms with Gasteiger partial charge in [0, 0.05) is 23.2 Å². The van der Waals surface area contributed by atoms with Gasteiger partial charge in [0.05, 0.1) is 21.3 Å². The van der Waals surface area contributed by atoms with Crippen LogP contribution in [0, 0.1) is 11.3 Å². The molecular weight excluding hydrogens is 318 g/mol. The topological polar surface area (TPSA) is 93.3 Å². The van der Waals surface area contributed by atoms with E-state index in [0.717, 1.165) is 35.2 Å². The molecule has 1 aromatic heterocycles. The Kier molecular flexibility index (Phi) is 4.86. The Morgan fingerprint density at radius 1 is 1.16 bits per heavy atom. The Morgan fingerprint density at radius 3 is 2.40 bits per heavy atom. The first-order valence-corrected chi connectivity index (χ1v) is 8.34. The third kappa shape index (κ3) is 2.92. The largest absolute Gasteiger partial charge is 0.493 e. The van der Waals surface area contributed by atoms with E-state index in [1.807, 2.05) is 12.1 Å². The van der Waals surface area contributed by atoms with E-state index in [1.165, 1.54) is 0 Å². The number of nitrogens with zero attached hydrogens (tertiary/aromatic N) is 1. The van der Waals surface area contributed by atoms with Gasteiger partial charge >= 0.3 is 0 Å². The molecule has 25 heavy (non-hydrogen) atoms. The third-order valence-corrected chi connectivity index (χ3v) is 4.58. The fourth-order valence-electron chi connectivity index (χ4n) is 3.37. The number of hydrogen-bond acceptors (Lipinski definition) is 5. The van der Waals surface area contributed by atoms with Gasteiger partial charge in [-0.25, -0.2) is 0 Å². The summed E-state index contributed by atoms with van der Waals surface area (Å²) in [5.74, 6) is 2.16. The summed E-state index contributed by atoms with van der Waals surface area (Å²) < 4.78 is 16.6. The van der Waals surface area contributed by atoms with Crippen molar-refractivity contribution in [3.05, 3.63) is 29.1 Å². The van der Waals surface area contributed by atoms with Gasteiger partial charge in [0.25, 0.3) is 0 Å². The average Bonchev–Trinajstić information content (AvgIpc) is 3.42. The lowest BCUT2D eigenvalue weighted by molar-refractivity contribution is 0.325. The van der Waals surface area contributed by atoms with Crippen molar-refractivity contribution in [2.75, 3.05) is 27.9 Å². The summed E-state index contributed by atoms with van der Waals surface area (Å²) in [6.07, 6.45) is 2.85. The first kappa shape index (κ1) is 17.2. The second-order valence-electron chi connectivity index (χ2n) is 6.07. The zero-order chi connectivity index (χ0) is 18.0. The molecule has 2 aromatic rings. The fraction of sp³-hybridized carbons (Fsp3) is 0.421. The Labute approximate surface area is 147 Å². The van der Waals surface area contributed by atoms with Crippen molar-refractivity contribution in [2.45, 2.75) is 25.2 Å². The Bertz CT molecular complexity index is 816. The van der Waals surface area contributed by atoms with Gasteiger partial charge in [-0.3, -0.25) is 0 Å². The molecule has 3 N–H and O–H groups in total. The summed E-state index contributed by atoms with van der Waals surface area (Å²) in [5.41, 5.74) is 10.4. The van der Waals surface area contributed by atoms with Crippen molar-refractivity contribution in [3.8, 4) is 34.4 Å². The van der Waals surface area contributed by atoms with Crippen molar-refractivity contribution in [1.82, 2.24) is 4.98 Å². The normalized spacial score (nSPS) is 13.4. The van der Waals surface area contributed by atoms with E-state index in [4.69, 9.17) is 19.9 Å². The standard InChI is InChI=1S/C19H23N3O3/c1-23-15-7-6-12(18(24-2)19(15)25-3)17-13(8-9-20)22-14(10-21)16(17)11-4-5-11/h6-7,11,22H,4-5,8-9,20H2,1-3H3. The minimum atomic E-state index is 0.408. The van der Waals surface area contributed by atoms with Crippen LogP contribution >= 0.6 is 0 Å². The fourth-order valence-corrected chi connectivity index (χ4v) is 3.37. The van der Waals surface area contributed by atoms with Gasteiger partial charge in [-0.15, -0.1) is 0 Å². The number of nitrogens with two attached hydrogens (primary N) is 1. The first-order chi connectivity index (χ1) is 12.2. The summed E-state index contributed by atoms with van der Waals surface area (Å²) in [6.45, 7) is 0.498. The molecule has 132 valence electrons. The zero-order valence-corrected chi connectivity index (χ0v) is 14.8. The van der Waals surface area contributed by atoms with Crippen LogP contribution in [0.25, 0.3) is 11.1 Å². The van der Waals surface area contributed by atoms with Crippen LogP contribution in [0.4, 0.5) is 0 Å². The number of rotatable bonds is 7. The van der Waals surface area contributed by atoms with E-state index in [2.05, 4.69) is 11.1 Å². The Hall–Kier alpha value is -2.65. The lowest BCUT2D eigenvalue weighted by Gasteiger charge is -2.17. The molecule has 1 fully saturated rings.